The fraction of sp³-hybridized carbons (Fsp3) is 0.385. The van der Waals surface area contributed by atoms with Crippen LogP contribution in [0.1, 0.15) is 29.6 Å². The molecule has 1 aliphatic rings. The lowest BCUT2D eigenvalue weighted by Crippen LogP contribution is -2.48. The fourth-order valence-electron chi connectivity index (χ4n) is 2.39. The molecule has 1 saturated heterocycles. The van der Waals surface area contributed by atoms with E-state index in [-0.39, 0.29) is 17.5 Å². The van der Waals surface area contributed by atoms with Gasteiger partial charge in [-0.3, -0.25) is 4.79 Å². The van der Waals surface area contributed by atoms with E-state index in [9.17, 15) is 9.59 Å². The first-order valence-corrected chi connectivity index (χ1v) is 6.89. The number of benzene rings is 1. The van der Waals surface area contributed by atoms with Crippen LogP contribution in [0.2, 0.25) is 0 Å². The van der Waals surface area contributed by atoms with Crippen molar-refractivity contribution in [2.75, 3.05) is 11.4 Å². The molecule has 2 rings (SSSR count). The van der Waals surface area contributed by atoms with Gasteiger partial charge in [-0.25, -0.2) is 4.79 Å². The van der Waals surface area contributed by atoms with Crippen LogP contribution in [-0.2, 0) is 4.79 Å². The minimum absolute atomic E-state index is 0.211. The molecule has 1 aromatic carbocycles. The standard InChI is InChI=1S/C13H15BrN2O3/c14-9-7-8(13(18)19)4-5-10(9)16-6-2-1-3-11(16)12(15)17/h4-5,7,11H,1-3,6H2,(H2,15,17)(H,18,19). The number of rotatable bonds is 3. The maximum atomic E-state index is 11.5. The first kappa shape index (κ1) is 13.9. The van der Waals surface area contributed by atoms with Gasteiger partial charge >= 0.3 is 5.97 Å². The highest BCUT2D eigenvalue weighted by Crippen LogP contribution is 2.32. The lowest BCUT2D eigenvalue weighted by molar-refractivity contribution is -0.119. The van der Waals surface area contributed by atoms with Crippen molar-refractivity contribution < 1.29 is 14.7 Å². The third-order valence-electron chi connectivity index (χ3n) is 3.34. The number of primary amides is 1. The van der Waals surface area contributed by atoms with Gasteiger partial charge in [0.25, 0.3) is 0 Å². The molecule has 0 radical (unpaired) electrons. The van der Waals surface area contributed by atoms with Gasteiger partial charge in [-0.1, -0.05) is 0 Å². The van der Waals surface area contributed by atoms with E-state index in [1.165, 1.54) is 6.07 Å². The van der Waals surface area contributed by atoms with E-state index in [4.69, 9.17) is 10.8 Å². The zero-order valence-electron chi connectivity index (χ0n) is 10.3. The second kappa shape index (κ2) is 5.61. The van der Waals surface area contributed by atoms with E-state index >= 15 is 0 Å². The lowest BCUT2D eigenvalue weighted by atomic mass is 10.0. The molecular formula is C13H15BrN2O3. The summed E-state index contributed by atoms with van der Waals surface area (Å²) in [5.74, 6) is -1.31. The molecule has 0 aliphatic carbocycles. The number of carbonyl (C=O) groups excluding carboxylic acids is 1. The summed E-state index contributed by atoms with van der Waals surface area (Å²) in [5, 5.41) is 8.94. The van der Waals surface area contributed by atoms with E-state index in [1.54, 1.807) is 12.1 Å². The highest BCUT2D eigenvalue weighted by molar-refractivity contribution is 9.10. The van der Waals surface area contributed by atoms with Crippen molar-refractivity contribution in [2.45, 2.75) is 25.3 Å². The Balaban J connectivity index is 2.34. The summed E-state index contributed by atoms with van der Waals surface area (Å²) in [6.45, 7) is 0.749. The first-order chi connectivity index (χ1) is 9.00. The highest BCUT2D eigenvalue weighted by atomic mass is 79.9. The van der Waals surface area contributed by atoms with Crippen molar-refractivity contribution >= 4 is 33.5 Å². The normalized spacial score (nSPS) is 19.2. The van der Waals surface area contributed by atoms with E-state index < -0.39 is 5.97 Å². The van der Waals surface area contributed by atoms with Gasteiger partial charge in [0.2, 0.25) is 5.91 Å². The van der Waals surface area contributed by atoms with Crippen molar-refractivity contribution in [3.05, 3.63) is 28.2 Å². The van der Waals surface area contributed by atoms with Crippen molar-refractivity contribution in [1.29, 1.82) is 0 Å². The predicted molar refractivity (Wildman–Crippen MR) is 75.3 cm³/mol. The topological polar surface area (TPSA) is 83.6 Å². The van der Waals surface area contributed by atoms with Crippen LogP contribution < -0.4 is 10.6 Å². The molecule has 102 valence electrons. The van der Waals surface area contributed by atoms with Crippen LogP contribution in [0.4, 0.5) is 5.69 Å². The largest absolute Gasteiger partial charge is 0.478 e. The van der Waals surface area contributed by atoms with Crippen LogP contribution in [0, 0.1) is 0 Å². The zero-order valence-corrected chi connectivity index (χ0v) is 11.9. The Hall–Kier alpha value is -1.56. The quantitative estimate of drug-likeness (QED) is 0.889. The second-order valence-corrected chi connectivity index (χ2v) is 5.43. The predicted octanol–water partition coefficient (Wildman–Crippen LogP) is 1.99. The number of nitrogens with two attached hydrogens (primary N) is 1. The number of carboxylic acids is 1. The second-order valence-electron chi connectivity index (χ2n) is 4.58. The van der Waals surface area contributed by atoms with Gasteiger partial charge in [-0.15, -0.1) is 0 Å². The highest BCUT2D eigenvalue weighted by Gasteiger charge is 2.28. The molecule has 5 nitrogen and oxygen atoms in total. The number of hydrogen-bond donors (Lipinski definition) is 2. The minimum atomic E-state index is -0.975. The van der Waals surface area contributed by atoms with Gasteiger partial charge < -0.3 is 15.7 Å². The number of piperidine rings is 1. The van der Waals surface area contributed by atoms with Crippen LogP contribution in [0.3, 0.4) is 0 Å². The van der Waals surface area contributed by atoms with Crippen LogP contribution in [-0.4, -0.2) is 29.6 Å². The molecule has 6 heteroatoms. The number of aromatic carboxylic acids is 1. The van der Waals surface area contributed by atoms with E-state index in [1.807, 2.05) is 4.90 Å². The van der Waals surface area contributed by atoms with Crippen LogP contribution >= 0.6 is 15.9 Å². The molecular weight excluding hydrogens is 312 g/mol. The fourth-order valence-corrected chi connectivity index (χ4v) is 3.00. The maximum Gasteiger partial charge on any atom is 0.335 e. The third kappa shape index (κ3) is 2.89. The van der Waals surface area contributed by atoms with Crippen molar-refractivity contribution in [2.24, 2.45) is 5.73 Å². The maximum absolute atomic E-state index is 11.5. The molecule has 1 atom stereocenters. The summed E-state index contributed by atoms with van der Waals surface area (Å²) in [7, 11) is 0. The van der Waals surface area contributed by atoms with Gasteiger partial charge in [0, 0.05) is 11.0 Å². The van der Waals surface area contributed by atoms with Crippen molar-refractivity contribution in [3.8, 4) is 0 Å². The Bertz CT molecular complexity index is 519. The minimum Gasteiger partial charge on any atom is -0.478 e. The molecule has 1 aliphatic heterocycles. The number of nitrogens with zero attached hydrogens (tertiary/aromatic N) is 1. The van der Waals surface area contributed by atoms with Crippen LogP contribution in [0.5, 0.6) is 0 Å². The molecule has 3 N–H and O–H groups in total. The van der Waals surface area contributed by atoms with Gasteiger partial charge in [-0.2, -0.15) is 0 Å². The summed E-state index contributed by atoms with van der Waals surface area (Å²) in [4.78, 5) is 24.3. The Labute approximate surface area is 119 Å². The average molecular weight is 327 g/mol. The molecule has 0 bridgehead atoms. The van der Waals surface area contributed by atoms with Gasteiger partial charge in [-0.05, 0) is 53.4 Å². The van der Waals surface area contributed by atoms with Gasteiger partial charge in [0.05, 0.1) is 11.3 Å². The molecule has 1 heterocycles. The Kier molecular flexibility index (Phi) is 4.09. The monoisotopic (exact) mass is 326 g/mol. The molecule has 0 spiro atoms. The number of carbonyl (C=O) groups is 2. The molecule has 0 aromatic heterocycles. The Morgan fingerprint density at radius 1 is 1.37 bits per heavy atom. The van der Waals surface area contributed by atoms with E-state index in [0.717, 1.165) is 31.5 Å². The summed E-state index contributed by atoms with van der Waals surface area (Å²) in [6.07, 6.45) is 2.72. The SMILES string of the molecule is NC(=O)C1CCCCN1c1ccc(C(=O)O)cc1Br. The number of carboxylic acid groups (broad SMARTS) is 1. The molecule has 19 heavy (non-hydrogen) atoms. The number of halogens is 1. The summed E-state index contributed by atoms with van der Waals surface area (Å²) >= 11 is 3.37. The van der Waals surface area contributed by atoms with Crippen molar-refractivity contribution in [1.82, 2.24) is 0 Å². The average Bonchev–Trinajstić information content (AvgIpc) is 2.38. The first-order valence-electron chi connectivity index (χ1n) is 6.09. The van der Waals surface area contributed by atoms with E-state index in [0.29, 0.717) is 4.47 Å². The summed E-state index contributed by atoms with van der Waals surface area (Å²) in [5.41, 5.74) is 6.46. The third-order valence-corrected chi connectivity index (χ3v) is 3.97. The molecule has 1 aromatic rings. The molecule has 1 amide bonds. The van der Waals surface area contributed by atoms with E-state index in [2.05, 4.69) is 15.9 Å². The number of hydrogen-bond acceptors (Lipinski definition) is 3. The molecule has 1 fully saturated rings. The summed E-state index contributed by atoms with van der Waals surface area (Å²) < 4.78 is 0.667. The Morgan fingerprint density at radius 3 is 2.68 bits per heavy atom. The van der Waals surface area contributed by atoms with Gasteiger partial charge in [0.1, 0.15) is 6.04 Å². The van der Waals surface area contributed by atoms with Crippen LogP contribution in [0.15, 0.2) is 22.7 Å². The van der Waals surface area contributed by atoms with Crippen molar-refractivity contribution in [3.63, 3.8) is 0 Å². The summed E-state index contributed by atoms with van der Waals surface area (Å²) in [6, 6.07) is 4.48. The number of amides is 1. The smallest absolute Gasteiger partial charge is 0.335 e. The zero-order chi connectivity index (χ0) is 14.0. The van der Waals surface area contributed by atoms with Crippen LogP contribution in [0.25, 0.3) is 0 Å². The van der Waals surface area contributed by atoms with Gasteiger partial charge in [0.15, 0.2) is 0 Å². The number of anilines is 1. The molecule has 0 saturated carbocycles. The lowest BCUT2D eigenvalue weighted by Gasteiger charge is -2.36. The Morgan fingerprint density at radius 2 is 2.11 bits per heavy atom. The molecule has 1 unspecified atom stereocenters.